The predicted molar refractivity (Wildman–Crippen MR) is 122 cm³/mol. The zero-order chi connectivity index (χ0) is 20.8. The Morgan fingerprint density at radius 3 is 2.27 bits per heavy atom. The summed E-state index contributed by atoms with van der Waals surface area (Å²) in [6, 6.07) is 25.6. The highest BCUT2D eigenvalue weighted by molar-refractivity contribution is 7.14. The number of hydrogen-bond donors (Lipinski definition) is 1. The van der Waals surface area contributed by atoms with Gasteiger partial charge in [-0.1, -0.05) is 49.4 Å². The first kappa shape index (κ1) is 19.9. The molecule has 0 aliphatic rings. The van der Waals surface area contributed by atoms with Crippen molar-refractivity contribution >= 4 is 22.4 Å². The highest BCUT2D eigenvalue weighted by atomic mass is 32.1. The smallest absolute Gasteiger partial charge is 0.230 e. The molecule has 4 nitrogen and oxygen atoms in total. The van der Waals surface area contributed by atoms with Crippen molar-refractivity contribution in [1.29, 1.82) is 0 Å². The number of anilines is 1. The summed E-state index contributed by atoms with van der Waals surface area (Å²) < 4.78 is 5.82. The molecule has 1 amide bonds. The van der Waals surface area contributed by atoms with E-state index in [0.29, 0.717) is 11.6 Å². The maximum absolute atomic E-state index is 12.3. The second-order valence-electron chi connectivity index (χ2n) is 6.87. The Kier molecular flexibility index (Phi) is 6.20. The van der Waals surface area contributed by atoms with Crippen LogP contribution in [0.4, 0.5) is 5.13 Å². The molecule has 0 fully saturated rings. The van der Waals surface area contributed by atoms with E-state index in [9.17, 15) is 4.79 Å². The van der Waals surface area contributed by atoms with E-state index in [-0.39, 0.29) is 5.91 Å². The second kappa shape index (κ2) is 9.37. The van der Waals surface area contributed by atoms with Crippen molar-refractivity contribution in [1.82, 2.24) is 4.98 Å². The van der Waals surface area contributed by atoms with Gasteiger partial charge in [-0.3, -0.25) is 4.79 Å². The van der Waals surface area contributed by atoms with Crippen LogP contribution < -0.4 is 10.1 Å². The number of nitrogens with zero attached hydrogens (tertiary/aromatic N) is 1. The standard InChI is InChI=1S/C25H22N2O2S/c1-2-18-8-10-19(11-9-18)16-24(28)27-25-26-23(17-30-25)20-12-14-22(15-13-20)29-21-6-4-3-5-7-21/h3-15,17H,2,16H2,1H3,(H,26,27,28). The summed E-state index contributed by atoms with van der Waals surface area (Å²) in [5.74, 6) is 1.50. The van der Waals surface area contributed by atoms with Crippen LogP contribution in [0, 0.1) is 0 Å². The Balaban J connectivity index is 1.36. The van der Waals surface area contributed by atoms with Gasteiger partial charge in [0.2, 0.25) is 5.91 Å². The van der Waals surface area contributed by atoms with Gasteiger partial charge in [-0.15, -0.1) is 11.3 Å². The summed E-state index contributed by atoms with van der Waals surface area (Å²) in [4.78, 5) is 16.9. The number of amides is 1. The van der Waals surface area contributed by atoms with Crippen LogP contribution in [0.2, 0.25) is 0 Å². The van der Waals surface area contributed by atoms with Gasteiger partial charge < -0.3 is 10.1 Å². The Hall–Kier alpha value is -3.44. The number of hydrogen-bond acceptors (Lipinski definition) is 4. The average Bonchev–Trinajstić information content (AvgIpc) is 3.24. The van der Waals surface area contributed by atoms with Gasteiger partial charge >= 0.3 is 0 Å². The summed E-state index contributed by atoms with van der Waals surface area (Å²) in [5.41, 5.74) is 4.07. The first-order valence-electron chi connectivity index (χ1n) is 9.86. The lowest BCUT2D eigenvalue weighted by molar-refractivity contribution is -0.115. The van der Waals surface area contributed by atoms with Crippen LogP contribution in [-0.2, 0) is 17.6 Å². The van der Waals surface area contributed by atoms with Crippen molar-refractivity contribution in [2.24, 2.45) is 0 Å². The third-order valence-electron chi connectivity index (χ3n) is 4.68. The quantitative estimate of drug-likeness (QED) is 0.383. The fourth-order valence-electron chi connectivity index (χ4n) is 3.02. The van der Waals surface area contributed by atoms with Crippen LogP contribution in [-0.4, -0.2) is 10.9 Å². The average molecular weight is 415 g/mol. The highest BCUT2D eigenvalue weighted by Gasteiger charge is 2.09. The SMILES string of the molecule is CCc1ccc(CC(=O)Nc2nc(-c3ccc(Oc4ccccc4)cc3)cs2)cc1. The lowest BCUT2D eigenvalue weighted by Gasteiger charge is -2.06. The van der Waals surface area contributed by atoms with Gasteiger partial charge in [-0.05, 0) is 53.9 Å². The molecule has 0 aliphatic carbocycles. The fourth-order valence-corrected chi connectivity index (χ4v) is 3.76. The summed E-state index contributed by atoms with van der Waals surface area (Å²) in [5, 5.41) is 5.44. The molecule has 4 rings (SSSR count). The molecule has 4 aromatic rings. The van der Waals surface area contributed by atoms with E-state index in [2.05, 4.69) is 29.4 Å². The summed E-state index contributed by atoms with van der Waals surface area (Å²) in [6.07, 6.45) is 1.33. The zero-order valence-electron chi connectivity index (χ0n) is 16.7. The number of thiazole rings is 1. The molecule has 0 bridgehead atoms. The number of carbonyl (C=O) groups is 1. The van der Waals surface area contributed by atoms with E-state index >= 15 is 0 Å². The number of benzene rings is 3. The molecular formula is C25H22N2O2S. The maximum Gasteiger partial charge on any atom is 0.230 e. The van der Waals surface area contributed by atoms with Crippen LogP contribution in [0.1, 0.15) is 18.1 Å². The number of para-hydroxylation sites is 1. The minimum Gasteiger partial charge on any atom is -0.457 e. The van der Waals surface area contributed by atoms with E-state index in [4.69, 9.17) is 4.74 Å². The van der Waals surface area contributed by atoms with Crippen molar-refractivity contribution in [2.75, 3.05) is 5.32 Å². The summed E-state index contributed by atoms with van der Waals surface area (Å²) in [6.45, 7) is 2.12. The summed E-state index contributed by atoms with van der Waals surface area (Å²) in [7, 11) is 0. The minimum absolute atomic E-state index is 0.0632. The monoisotopic (exact) mass is 414 g/mol. The van der Waals surface area contributed by atoms with Crippen molar-refractivity contribution in [3.05, 3.63) is 95.4 Å². The van der Waals surface area contributed by atoms with E-state index in [1.165, 1.54) is 16.9 Å². The molecule has 1 N–H and O–H groups in total. The lowest BCUT2D eigenvalue weighted by atomic mass is 10.1. The van der Waals surface area contributed by atoms with Crippen LogP contribution in [0.25, 0.3) is 11.3 Å². The number of nitrogens with one attached hydrogen (secondary N) is 1. The summed E-state index contributed by atoms with van der Waals surface area (Å²) >= 11 is 1.42. The molecule has 0 saturated carbocycles. The van der Waals surface area contributed by atoms with E-state index < -0.39 is 0 Å². The molecule has 0 atom stereocenters. The molecule has 0 aliphatic heterocycles. The number of ether oxygens (including phenoxy) is 1. The molecular weight excluding hydrogens is 392 g/mol. The van der Waals surface area contributed by atoms with E-state index in [1.807, 2.05) is 72.1 Å². The predicted octanol–water partition coefficient (Wildman–Crippen LogP) is 6.35. The molecule has 5 heteroatoms. The molecule has 0 spiro atoms. The van der Waals surface area contributed by atoms with Crippen molar-refractivity contribution < 1.29 is 9.53 Å². The number of carbonyl (C=O) groups excluding carboxylic acids is 1. The van der Waals surface area contributed by atoms with Crippen LogP contribution in [0.15, 0.2) is 84.2 Å². The Labute approximate surface area is 180 Å². The Morgan fingerprint density at radius 2 is 1.57 bits per heavy atom. The molecule has 1 heterocycles. The van der Waals surface area contributed by atoms with Gasteiger partial charge in [0.25, 0.3) is 0 Å². The van der Waals surface area contributed by atoms with Gasteiger partial charge in [0, 0.05) is 10.9 Å². The van der Waals surface area contributed by atoms with Crippen LogP contribution in [0.5, 0.6) is 11.5 Å². The van der Waals surface area contributed by atoms with Gasteiger partial charge in [0.15, 0.2) is 5.13 Å². The van der Waals surface area contributed by atoms with Crippen molar-refractivity contribution in [3.8, 4) is 22.8 Å². The molecule has 150 valence electrons. The highest BCUT2D eigenvalue weighted by Crippen LogP contribution is 2.28. The first-order valence-corrected chi connectivity index (χ1v) is 10.7. The number of aromatic nitrogens is 1. The topological polar surface area (TPSA) is 51.2 Å². The fraction of sp³-hybridized carbons (Fsp3) is 0.120. The number of rotatable bonds is 7. The van der Waals surface area contributed by atoms with Gasteiger partial charge in [-0.25, -0.2) is 4.98 Å². The Morgan fingerprint density at radius 1 is 0.900 bits per heavy atom. The third kappa shape index (κ3) is 5.13. The van der Waals surface area contributed by atoms with E-state index in [1.54, 1.807) is 0 Å². The molecule has 1 aromatic heterocycles. The second-order valence-corrected chi connectivity index (χ2v) is 7.73. The van der Waals surface area contributed by atoms with Gasteiger partial charge in [0.05, 0.1) is 12.1 Å². The minimum atomic E-state index is -0.0632. The molecule has 0 saturated heterocycles. The largest absolute Gasteiger partial charge is 0.457 e. The van der Waals surface area contributed by atoms with Crippen LogP contribution in [0.3, 0.4) is 0 Å². The Bertz CT molecular complexity index is 1100. The normalized spacial score (nSPS) is 10.6. The first-order chi connectivity index (χ1) is 14.7. The van der Waals surface area contributed by atoms with E-state index in [0.717, 1.165) is 34.7 Å². The maximum atomic E-state index is 12.3. The molecule has 3 aromatic carbocycles. The third-order valence-corrected chi connectivity index (χ3v) is 5.43. The van der Waals surface area contributed by atoms with Crippen molar-refractivity contribution in [3.63, 3.8) is 0 Å². The molecule has 30 heavy (non-hydrogen) atoms. The van der Waals surface area contributed by atoms with Gasteiger partial charge in [0.1, 0.15) is 11.5 Å². The van der Waals surface area contributed by atoms with Gasteiger partial charge in [-0.2, -0.15) is 0 Å². The molecule has 0 unspecified atom stereocenters. The molecule has 0 radical (unpaired) electrons. The zero-order valence-corrected chi connectivity index (χ0v) is 17.5. The number of aryl methyl sites for hydroxylation is 1. The lowest BCUT2D eigenvalue weighted by Crippen LogP contribution is -2.14. The van der Waals surface area contributed by atoms with Crippen LogP contribution >= 0.6 is 11.3 Å². The van der Waals surface area contributed by atoms with Crippen molar-refractivity contribution in [2.45, 2.75) is 19.8 Å².